The summed E-state index contributed by atoms with van der Waals surface area (Å²) in [4.78, 5) is 5.25. The van der Waals surface area contributed by atoms with Crippen LogP contribution in [-0.4, -0.2) is 55.1 Å². The number of likely N-dealkylation sites (tertiary alicyclic amines) is 2. The lowest BCUT2D eigenvalue weighted by molar-refractivity contribution is 0.155. The Balaban J connectivity index is 1.76. The molecule has 0 amide bonds. The Labute approximate surface area is 93.6 Å². The van der Waals surface area contributed by atoms with E-state index in [1.54, 1.807) is 0 Å². The van der Waals surface area contributed by atoms with Crippen molar-refractivity contribution in [2.45, 2.75) is 38.1 Å². The predicted molar refractivity (Wildman–Crippen MR) is 63.9 cm³/mol. The summed E-state index contributed by atoms with van der Waals surface area (Å²) in [7, 11) is 0. The van der Waals surface area contributed by atoms with Crippen molar-refractivity contribution in [3.05, 3.63) is 0 Å². The highest BCUT2D eigenvalue weighted by molar-refractivity contribution is 4.82. The fraction of sp³-hybridized carbons (Fsp3) is 1.00. The zero-order chi connectivity index (χ0) is 10.5. The molecule has 2 heterocycles. The van der Waals surface area contributed by atoms with Crippen LogP contribution in [0.2, 0.25) is 0 Å². The molecule has 0 saturated carbocycles. The monoisotopic (exact) mass is 211 g/mol. The van der Waals surface area contributed by atoms with E-state index in [4.69, 9.17) is 5.73 Å². The molecule has 0 aromatic carbocycles. The lowest BCUT2D eigenvalue weighted by atomic mass is 10.1. The van der Waals surface area contributed by atoms with E-state index in [1.807, 2.05) is 0 Å². The number of rotatable bonds is 4. The van der Waals surface area contributed by atoms with Crippen LogP contribution in [0, 0.1) is 0 Å². The van der Waals surface area contributed by atoms with Crippen molar-refractivity contribution < 1.29 is 0 Å². The van der Waals surface area contributed by atoms with Crippen molar-refractivity contribution in [2.24, 2.45) is 5.73 Å². The van der Waals surface area contributed by atoms with Crippen LogP contribution in [0.4, 0.5) is 0 Å². The Kier molecular flexibility index (Phi) is 4.42. The molecule has 0 aliphatic carbocycles. The molecular formula is C12H25N3. The van der Waals surface area contributed by atoms with Crippen LogP contribution in [0.3, 0.4) is 0 Å². The number of hydrogen-bond donors (Lipinski definition) is 1. The van der Waals surface area contributed by atoms with Crippen molar-refractivity contribution in [2.75, 3.05) is 39.3 Å². The fourth-order valence-electron chi connectivity index (χ4n) is 3.00. The van der Waals surface area contributed by atoms with Crippen LogP contribution < -0.4 is 5.73 Å². The van der Waals surface area contributed by atoms with E-state index in [0.717, 1.165) is 19.1 Å². The van der Waals surface area contributed by atoms with Crippen molar-refractivity contribution in [1.82, 2.24) is 9.80 Å². The van der Waals surface area contributed by atoms with E-state index in [9.17, 15) is 0 Å². The Bertz CT molecular complexity index is 178. The number of hydrogen-bond acceptors (Lipinski definition) is 3. The van der Waals surface area contributed by atoms with E-state index in [-0.39, 0.29) is 0 Å². The molecular weight excluding hydrogens is 186 g/mol. The fourth-order valence-corrected chi connectivity index (χ4v) is 3.00. The summed E-state index contributed by atoms with van der Waals surface area (Å²) in [6.07, 6.45) is 7.01. The van der Waals surface area contributed by atoms with E-state index in [2.05, 4.69) is 9.80 Å². The first-order chi connectivity index (χ1) is 7.40. The normalized spacial score (nSPS) is 29.8. The van der Waals surface area contributed by atoms with Gasteiger partial charge >= 0.3 is 0 Å². The average Bonchev–Trinajstić information content (AvgIpc) is 2.68. The van der Waals surface area contributed by atoms with Crippen LogP contribution in [0.25, 0.3) is 0 Å². The van der Waals surface area contributed by atoms with Gasteiger partial charge in [-0.05, 0) is 45.3 Å². The third-order valence-corrected chi connectivity index (χ3v) is 3.83. The van der Waals surface area contributed by atoms with Crippen LogP contribution in [-0.2, 0) is 0 Å². The highest BCUT2D eigenvalue weighted by Gasteiger charge is 2.25. The van der Waals surface area contributed by atoms with Gasteiger partial charge in [-0.1, -0.05) is 6.42 Å². The van der Waals surface area contributed by atoms with Gasteiger partial charge < -0.3 is 10.6 Å². The molecule has 2 N–H and O–H groups in total. The second-order valence-corrected chi connectivity index (χ2v) is 4.98. The van der Waals surface area contributed by atoms with Gasteiger partial charge in [0.25, 0.3) is 0 Å². The second kappa shape index (κ2) is 5.83. The maximum absolute atomic E-state index is 5.65. The van der Waals surface area contributed by atoms with Crippen molar-refractivity contribution in [3.8, 4) is 0 Å². The molecule has 2 rings (SSSR count). The lowest BCUT2D eigenvalue weighted by Crippen LogP contribution is -2.43. The molecule has 2 aliphatic rings. The molecule has 15 heavy (non-hydrogen) atoms. The first kappa shape index (κ1) is 11.4. The minimum atomic E-state index is 0.798. The molecule has 2 saturated heterocycles. The Morgan fingerprint density at radius 1 is 1.00 bits per heavy atom. The largest absolute Gasteiger partial charge is 0.329 e. The smallest absolute Gasteiger partial charge is 0.0224 e. The molecule has 0 radical (unpaired) electrons. The van der Waals surface area contributed by atoms with Gasteiger partial charge in [0.05, 0.1) is 0 Å². The number of nitrogens with zero attached hydrogens (tertiary/aromatic N) is 2. The average molecular weight is 211 g/mol. The number of piperidine rings is 1. The predicted octanol–water partition coefficient (Wildman–Crippen LogP) is 0.895. The quantitative estimate of drug-likeness (QED) is 0.750. The van der Waals surface area contributed by atoms with Gasteiger partial charge in [0.1, 0.15) is 0 Å². The first-order valence-corrected chi connectivity index (χ1v) is 6.56. The Morgan fingerprint density at radius 2 is 1.80 bits per heavy atom. The molecule has 3 heteroatoms. The molecule has 0 unspecified atom stereocenters. The molecule has 0 spiro atoms. The zero-order valence-electron chi connectivity index (χ0n) is 9.83. The van der Waals surface area contributed by atoms with E-state index in [0.29, 0.717) is 0 Å². The highest BCUT2D eigenvalue weighted by Crippen LogP contribution is 2.19. The summed E-state index contributed by atoms with van der Waals surface area (Å²) in [6, 6.07) is 0.798. The van der Waals surface area contributed by atoms with Crippen molar-refractivity contribution in [3.63, 3.8) is 0 Å². The summed E-state index contributed by atoms with van der Waals surface area (Å²) in [5, 5.41) is 0. The van der Waals surface area contributed by atoms with Crippen molar-refractivity contribution >= 4 is 0 Å². The van der Waals surface area contributed by atoms with Gasteiger partial charge in [-0.3, -0.25) is 4.90 Å². The van der Waals surface area contributed by atoms with E-state index in [1.165, 1.54) is 58.3 Å². The molecule has 3 nitrogen and oxygen atoms in total. The van der Waals surface area contributed by atoms with Crippen LogP contribution in [0.15, 0.2) is 0 Å². The third-order valence-electron chi connectivity index (χ3n) is 3.83. The van der Waals surface area contributed by atoms with Gasteiger partial charge in [0.15, 0.2) is 0 Å². The molecule has 88 valence electrons. The molecule has 2 fully saturated rings. The Hall–Kier alpha value is -0.120. The maximum atomic E-state index is 5.65. The third kappa shape index (κ3) is 3.16. The zero-order valence-corrected chi connectivity index (χ0v) is 9.83. The van der Waals surface area contributed by atoms with Crippen LogP contribution in [0.5, 0.6) is 0 Å². The van der Waals surface area contributed by atoms with Crippen LogP contribution >= 0.6 is 0 Å². The Morgan fingerprint density at radius 3 is 2.53 bits per heavy atom. The summed E-state index contributed by atoms with van der Waals surface area (Å²) < 4.78 is 0. The van der Waals surface area contributed by atoms with E-state index < -0.39 is 0 Å². The highest BCUT2D eigenvalue weighted by atomic mass is 15.2. The topological polar surface area (TPSA) is 32.5 Å². The number of nitrogens with two attached hydrogens (primary N) is 1. The summed E-state index contributed by atoms with van der Waals surface area (Å²) in [5.74, 6) is 0. The molecule has 2 aliphatic heterocycles. The van der Waals surface area contributed by atoms with Crippen molar-refractivity contribution in [1.29, 1.82) is 0 Å². The molecule has 1 atom stereocenters. The molecule has 0 bridgehead atoms. The first-order valence-electron chi connectivity index (χ1n) is 6.56. The lowest BCUT2D eigenvalue weighted by Gasteiger charge is -2.32. The van der Waals surface area contributed by atoms with Gasteiger partial charge in [-0.2, -0.15) is 0 Å². The standard InChI is InChI=1S/C12H25N3/c13-6-10-15-9-4-5-12(15)11-14-7-2-1-3-8-14/h12H,1-11,13H2/t12-/m0/s1. The molecule has 0 aromatic heterocycles. The van der Waals surface area contributed by atoms with E-state index >= 15 is 0 Å². The van der Waals surface area contributed by atoms with Gasteiger partial charge in [0, 0.05) is 25.7 Å². The second-order valence-electron chi connectivity index (χ2n) is 4.98. The van der Waals surface area contributed by atoms with Gasteiger partial charge in [0.2, 0.25) is 0 Å². The van der Waals surface area contributed by atoms with Gasteiger partial charge in [-0.25, -0.2) is 0 Å². The minimum Gasteiger partial charge on any atom is -0.329 e. The maximum Gasteiger partial charge on any atom is 0.0224 e. The van der Waals surface area contributed by atoms with Crippen LogP contribution in [0.1, 0.15) is 32.1 Å². The summed E-state index contributed by atoms with van der Waals surface area (Å²) in [6.45, 7) is 7.13. The minimum absolute atomic E-state index is 0.798. The SMILES string of the molecule is NCCN1CCC[C@H]1CN1CCCCC1. The van der Waals surface area contributed by atoms with Gasteiger partial charge in [-0.15, -0.1) is 0 Å². The summed E-state index contributed by atoms with van der Waals surface area (Å²) >= 11 is 0. The molecule has 0 aromatic rings. The summed E-state index contributed by atoms with van der Waals surface area (Å²) in [5.41, 5.74) is 5.65.